The Labute approximate surface area is 154 Å². The molecule has 3 aliphatic rings. The quantitative estimate of drug-likeness (QED) is 0.826. The number of aliphatic hydroxyl groups excluding tert-OH is 1. The Kier molecular flexibility index (Phi) is 4.79. The van der Waals surface area contributed by atoms with E-state index in [1.54, 1.807) is 6.20 Å². The van der Waals surface area contributed by atoms with Crippen molar-refractivity contribution in [3.05, 3.63) is 18.5 Å². The molecule has 2 atom stereocenters. The molecule has 7 heteroatoms. The Hall–Kier alpha value is -1.44. The number of nitrogens with zero attached hydrogens (tertiary/aromatic N) is 3. The lowest BCUT2D eigenvalue weighted by molar-refractivity contribution is -0.211. The van der Waals surface area contributed by atoms with Crippen molar-refractivity contribution in [1.82, 2.24) is 20.0 Å². The summed E-state index contributed by atoms with van der Waals surface area (Å²) in [7, 11) is 0. The van der Waals surface area contributed by atoms with E-state index in [0.717, 1.165) is 45.2 Å². The monoisotopic (exact) mass is 362 g/mol. The fourth-order valence-corrected chi connectivity index (χ4v) is 5.14. The summed E-state index contributed by atoms with van der Waals surface area (Å²) in [5, 5.41) is 18.2. The van der Waals surface area contributed by atoms with E-state index in [0.29, 0.717) is 19.7 Å². The van der Waals surface area contributed by atoms with Crippen molar-refractivity contribution in [1.29, 1.82) is 0 Å². The van der Waals surface area contributed by atoms with Gasteiger partial charge in [0.1, 0.15) is 5.54 Å². The average molecular weight is 362 g/mol. The van der Waals surface area contributed by atoms with Gasteiger partial charge in [-0.25, -0.2) is 0 Å². The van der Waals surface area contributed by atoms with Gasteiger partial charge in [-0.3, -0.25) is 9.48 Å². The fourth-order valence-electron chi connectivity index (χ4n) is 5.14. The van der Waals surface area contributed by atoms with Gasteiger partial charge in [0.15, 0.2) is 0 Å². The topological polar surface area (TPSA) is 79.6 Å². The number of piperidine rings is 2. The number of hydrogen-bond acceptors (Lipinski definition) is 5. The van der Waals surface area contributed by atoms with E-state index >= 15 is 0 Å². The molecule has 4 rings (SSSR count). The van der Waals surface area contributed by atoms with Gasteiger partial charge in [0, 0.05) is 43.9 Å². The standard InChI is InChI=1S/C19H30N4O3/c1-2-26-16-14-15(24)18(16)6-12-22(13-7-18)17(25)19(4-9-20-10-5-19)23-11-3-8-21-23/h3,8,11,15-16,20,24H,2,4-7,9-10,12-14H2,1H3. The van der Waals surface area contributed by atoms with Crippen molar-refractivity contribution in [2.75, 3.05) is 32.8 Å². The Balaban J connectivity index is 1.49. The average Bonchev–Trinajstić information content (AvgIpc) is 3.23. The fraction of sp³-hybridized carbons (Fsp3) is 0.789. The van der Waals surface area contributed by atoms with Gasteiger partial charge in [0.25, 0.3) is 5.91 Å². The molecule has 1 aromatic rings. The molecule has 2 saturated heterocycles. The highest BCUT2D eigenvalue weighted by molar-refractivity contribution is 5.84. The van der Waals surface area contributed by atoms with Crippen LogP contribution in [0.1, 0.15) is 39.0 Å². The van der Waals surface area contributed by atoms with Gasteiger partial charge in [0.05, 0.1) is 12.2 Å². The van der Waals surface area contributed by atoms with Crippen molar-refractivity contribution >= 4 is 5.91 Å². The summed E-state index contributed by atoms with van der Waals surface area (Å²) >= 11 is 0. The van der Waals surface area contributed by atoms with E-state index in [4.69, 9.17) is 4.74 Å². The van der Waals surface area contributed by atoms with Crippen molar-refractivity contribution in [3.8, 4) is 0 Å². The summed E-state index contributed by atoms with van der Waals surface area (Å²) in [5.74, 6) is 0.180. The molecule has 26 heavy (non-hydrogen) atoms. The summed E-state index contributed by atoms with van der Waals surface area (Å²) in [6, 6.07) is 1.89. The van der Waals surface area contributed by atoms with Gasteiger partial charge in [-0.1, -0.05) is 0 Å². The molecule has 1 spiro atoms. The number of likely N-dealkylation sites (tertiary alicyclic amines) is 1. The summed E-state index contributed by atoms with van der Waals surface area (Å²) in [4.78, 5) is 15.5. The molecule has 0 radical (unpaired) electrons. The number of hydrogen-bond donors (Lipinski definition) is 2. The van der Waals surface area contributed by atoms with Crippen molar-refractivity contribution in [3.63, 3.8) is 0 Å². The number of carbonyl (C=O) groups excluding carboxylic acids is 1. The first kappa shape index (κ1) is 17.9. The second-order valence-electron chi connectivity index (χ2n) is 7.95. The third-order valence-electron chi connectivity index (χ3n) is 6.86. The first-order valence-electron chi connectivity index (χ1n) is 9.92. The molecule has 1 amide bonds. The molecule has 3 fully saturated rings. The number of aliphatic hydroxyl groups is 1. The minimum absolute atomic E-state index is 0.138. The van der Waals surface area contributed by atoms with Crippen LogP contribution >= 0.6 is 0 Å². The minimum atomic E-state index is -0.573. The first-order valence-corrected chi connectivity index (χ1v) is 9.92. The number of nitrogens with one attached hydrogen (secondary N) is 1. The van der Waals surface area contributed by atoms with E-state index in [9.17, 15) is 9.90 Å². The zero-order valence-corrected chi connectivity index (χ0v) is 15.6. The van der Waals surface area contributed by atoms with Crippen LogP contribution < -0.4 is 5.32 Å². The Bertz CT molecular complexity index is 617. The highest BCUT2D eigenvalue weighted by atomic mass is 16.5. The highest BCUT2D eigenvalue weighted by Gasteiger charge is 2.57. The molecule has 0 aromatic carbocycles. The maximum Gasteiger partial charge on any atom is 0.250 e. The van der Waals surface area contributed by atoms with Crippen molar-refractivity contribution in [2.24, 2.45) is 5.41 Å². The first-order chi connectivity index (χ1) is 12.6. The maximum absolute atomic E-state index is 13.5. The molecule has 2 aliphatic heterocycles. The van der Waals surface area contributed by atoms with Gasteiger partial charge in [0.2, 0.25) is 0 Å². The Morgan fingerprint density at radius 3 is 2.62 bits per heavy atom. The SMILES string of the molecule is CCOC1CC(O)C12CCN(C(=O)C1(n3cccn3)CCNCC1)CC2. The summed E-state index contributed by atoms with van der Waals surface area (Å²) in [6.45, 7) is 5.72. The lowest BCUT2D eigenvalue weighted by atomic mass is 9.58. The second-order valence-corrected chi connectivity index (χ2v) is 7.95. The van der Waals surface area contributed by atoms with Gasteiger partial charge in [-0.2, -0.15) is 5.10 Å². The van der Waals surface area contributed by atoms with Gasteiger partial charge >= 0.3 is 0 Å². The minimum Gasteiger partial charge on any atom is -0.392 e. The van der Waals surface area contributed by atoms with Crippen molar-refractivity contribution < 1.29 is 14.6 Å². The third kappa shape index (κ3) is 2.68. The molecular formula is C19H30N4O3. The Morgan fingerprint density at radius 1 is 1.31 bits per heavy atom. The predicted octanol–water partition coefficient (Wildman–Crippen LogP) is 0.740. The lowest BCUT2D eigenvalue weighted by Gasteiger charge is -2.57. The normalized spacial score (nSPS) is 30.2. The number of carbonyl (C=O) groups is 1. The van der Waals surface area contributed by atoms with Crippen LogP contribution in [0.25, 0.3) is 0 Å². The molecule has 2 unspecified atom stereocenters. The summed E-state index contributed by atoms with van der Waals surface area (Å²) in [5.41, 5.74) is -0.726. The molecule has 3 heterocycles. The van der Waals surface area contributed by atoms with Crippen LogP contribution in [0, 0.1) is 5.41 Å². The molecule has 1 aliphatic carbocycles. The van der Waals surface area contributed by atoms with Gasteiger partial charge < -0.3 is 20.1 Å². The van der Waals surface area contributed by atoms with Crippen molar-refractivity contribution in [2.45, 2.75) is 56.8 Å². The summed E-state index contributed by atoms with van der Waals surface area (Å²) in [6.07, 6.45) is 7.39. The second kappa shape index (κ2) is 6.94. The van der Waals surface area contributed by atoms with Crippen LogP contribution in [0.2, 0.25) is 0 Å². The Morgan fingerprint density at radius 2 is 2.04 bits per heavy atom. The molecule has 1 saturated carbocycles. The molecule has 1 aromatic heterocycles. The van der Waals surface area contributed by atoms with Crippen LogP contribution in [0.15, 0.2) is 18.5 Å². The van der Waals surface area contributed by atoms with Gasteiger partial charge in [-0.05, 0) is 51.8 Å². The number of amides is 1. The van der Waals surface area contributed by atoms with Crippen LogP contribution in [-0.4, -0.2) is 70.7 Å². The van der Waals surface area contributed by atoms with E-state index in [1.807, 2.05) is 28.8 Å². The van der Waals surface area contributed by atoms with E-state index < -0.39 is 5.54 Å². The third-order valence-corrected chi connectivity index (χ3v) is 6.86. The molecular weight excluding hydrogens is 332 g/mol. The molecule has 144 valence electrons. The number of ether oxygens (including phenoxy) is 1. The van der Waals surface area contributed by atoms with Crippen LogP contribution in [0.4, 0.5) is 0 Å². The van der Waals surface area contributed by atoms with E-state index in [2.05, 4.69) is 10.4 Å². The largest absolute Gasteiger partial charge is 0.392 e. The molecule has 2 N–H and O–H groups in total. The van der Waals surface area contributed by atoms with Gasteiger partial charge in [-0.15, -0.1) is 0 Å². The lowest BCUT2D eigenvalue weighted by Crippen LogP contribution is -2.64. The number of aromatic nitrogens is 2. The summed E-state index contributed by atoms with van der Waals surface area (Å²) < 4.78 is 7.71. The van der Waals surface area contributed by atoms with E-state index in [-0.39, 0.29) is 23.5 Å². The van der Waals surface area contributed by atoms with Crippen LogP contribution in [0.5, 0.6) is 0 Å². The van der Waals surface area contributed by atoms with Crippen LogP contribution in [0.3, 0.4) is 0 Å². The zero-order chi connectivity index (χ0) is 18.2. The number of rotatable bonds is 4. The van der Waals surface area contributed by atoms with E-state index in [1.165, 1.54) is 0 Å². The van der Waals surface area contributed by atoms with Crippen LogP contribution in [-0.2, 0) is 15.1 Å². The molecule has 7 nitrogen and oxygen atoms in total. The smallest absolute Gasteiger partial charge is 0.250 e. The molecule has 0 bridgehead atoms. The maximum atomic E-state index is 13.5. The zero-order valence-electron chi connectivity index (χ0n) is 15.6. The predicted molar refractivity (Wildman–Crippen MR) is 96.6 cm³/mol. The highest BCUT2D eigenvalue weighted by Crippen LogP contribution is 2.51.